The van der Waals surface area contributed by atoms with Crippen LogP contribution in [0.25, 0.3) is 11.0 Å². The van der Waals surface area contributed by atoms with Gasteiger partial charge in [0.25, 0.3) is 5.56 Å². The number of ether oxygens (including phenoxy) is 1. The molecule has 1 aliphatic heterocycles. The smallest absolute Gasteiger partial charge is 0.277 e. The van der Waals surface area contributed by atoms with Crippen molar-refractivity contribution in [3.05, 3.63) is 22.7 Å². The molecule has 0 amide bonds. The SMILES string of the molecule is CC(C)(C)[Si](C)(C)OC[C@@H]1C[C@@H](O[Si](C)(C)C(C)(C)C)[C@H](n2cnc3c(=O)[nH]c(N)cc32)O1. The summed E-state index contributed by atoms with van der Waals surface area (Å²) in [6.07, 6.45) is 1.71. The van der Waals surface area contributed by atoms with E-state index in [1.807, 2.05) is 4.57 Å². The molecule has 3 heterocycles. The first-order valence-corrected chi connectivity index (χ1v) is 17.6. The molecule has 1 fully saturated rings. The topological polar surface area (TPSA) is 104 Å². The second-order valence-corrected chi connectivity index (χ2v) is 21.9. The first-order chi connectivity index (χ1) is 14.9. The molecule has 1 aliphatic rings. The zero-order valence-corrected chi connectivity index (χ0v) is 23.9. The third-order valence-corrected chi connectivity index (χ3v) is 16.7. The zero-order valence-electron chi connectivity index (χ0n) is 21.9. The molecule has 3 atom stereocenters. The summed E-state index contributed by atoms with van der Waals surface area (Å²) < 4.78 is 21.8. The molecule has 2 aromatic heterocycles. The third kappa shape index (κ3) is 5.29. The summed E-state index contributed by atoms with van der Waals surface area (Å²) >= 11 is 0. The Morgan fingerprint density at radius 1 is 1.15 bits per heavy atom. The molecule has 1 saturated heterocycles. The van der Waals surface area contributed by atoms with Crippen LogP contribution in [-0.2, 0) is 13.6 Å². The van der Waals surface area contributed by atoms with Gasteiger partial charge in [-0.25, -0.2) is 4.98 Å². The number of nitrogens with two attached hydrogens (primary N) is 1. The predicted molar refractivity (Wildman–Crippen MR) is 139 cm³/mol. The van der Waals surface area contributed by atoms with E-state index >= 15 is 0 Å². The molecule has 8 nitrogen and oxygen atoms in total. The molecule has 3 N–H and O–H groups in total. The van der Waals surface area contributed by atoms with Crippen molar-refractivity contribution in [3.8, 4) is 0 Å². The van der Waals surface area contributed by atoms with Gasteiger partial charge in [0.2, 0.25) is 0 Å². The van der Waals surface area contributed by atoms with Crippen LogP contribution in [0.15, 0.2) is 17.2 Å². The lowest BCUT2D eigenvalue weighted by atomic mass is 10.2. The molecular formula is C23H42N4O4Si2. The van der Waals surface area contributed by atoms with E-state index < -0.39 is 22.9 Å². The van der Waals surface area contributed by atoms with Crippen LogP contribution in [-0.4, -0.2) is 50.0 Å². The van der Waals surface area contributed by atoms with Gasteiger partial charge in [0.1, 0.15) is 5.82 Å². The standard InChI is InChI=1S/C23H42N4O4Si2/c1-22(2,3)32(7,8)29-13-15-11-17(31-33(9,10)23(4,5)6)21(30-15)27-14-25-19-16(27)12-18(24)26-20(19)28/h12,14-15,17,21H,11,13H2,1-10H3,(H3,24,26,28)/t15-,17+,21+/m0/s1. The average molecular weight is 495 g/mol. The Labute approximate surface area is 199 Å². The quantitative estimate of drug-likeness (QED) is 0.547. The Hall–Kier alpha value is -1.47. The number of aromatic nitrogens is 3. The van der Waals surface area contributed by atoms with Gasteiger partial charge in [0.05, 0.1) is 30.7 Å². The Bertz CT molecular complexity index is 1050. The normalized spacial score (nSPS) is 22.9. The van der Waals surface area contributed by atoms with Crippen molar-refractivity contribution in [2.75, 3.05) is 12.3 Å². The molecule has 0 aromatic carbocycles. The minimum Gasteiger partial charge on any atom is -0.414 e. The van der Waals surface area contributed by atoms with Crippen molar-refractivity contribution >= 4 is 33.5 Å². The molecule has 0 aliphatic carbocycles. The molecule has 0 saturated carbocycles. The average Bonchev–Trinajstić information content (AvgIpc) is 3.21. The van der Waals surface area contributed by atoms with Crippen LogP contribution in [0.2, 0.25) is 36.3 Å². The number of nitrogens with one attached hydrogen (secondary N) is 1. The number of nitrogen functional groups attached to an aromatic ring is 1. The van der Waals surface area contributed by atoms with Gasteiger partial charge < -0.3 is 28.9 Å². The van der Waals surface area contributed by atoms with Crippen LogP contribution >= 0.6 is 0 Å². The van der Waals surface area contributed by atoms with Crippen molar-refractivity contribution in [1.82, 2.24) is 14.5 Å². The van der Waals surface area contributed by atoms with E-state index in [0.717, 1.165) is 6.42 Å². The number of hydrogen-bond acceptors (Lipinski definition) is 6. The number of rotatable bonds is 6. The second kappa shape index (κ2) is 8.64. The van der Waals surface area contributed by atoms with E-state index in [4.69, 9.17) is 19.3 Å². The lowest BCUT2D eigenvalue weighted by molar-refractivity contribution is -0.0440. The van der Waals surface area contributed by atoms with E-state index in [1.165, 1.54) is 0 Å². The second-order valence-electron chi connectivity index (χ2n) is 12.3. The highest BCUT2D eigenvalue weighted by Gasteiger charge is 2.46. The summed E-state index contributed by atoms with van der Waals surface area (Å²) in [5, 5.41) is 0.188. The Kier molecular flexibility index (Phi) is 6.84. The molecule has 3 rings (SSSR count). The van der Waals surface area contributed by atoms with Crippen LogP contribution in [0.4, 0.5) is 5.82 Å². The van der Waals surface area contributed by atoms with Gasteiger partial charge >= 0.3 is 0 Å². The minimum atomic E-state index is -2.07. The number of fused-ring (bicyclic) bond motifs is 1. The van der Waals surface area contributed by atoms with E-state index in [1.54, 1.807) is 12.4 Å². The number of imidazole rings is 1. The molecule has 0 bridgehead atoms. The molecule has 0 spiro atoms. The fourth-order valence-electron chi connectivity index (χ4n) is 3.51. The van der Waals surface area contributed by atoms with Crippen LogP contribution in [0.1, 0.15) is 54.2 Å². The van der Waals surface area contributed by atoms with Crippen molar-refractivity contribution in [2.45, 2.75) is 103 Å². The maximum absolute atomic E-state index is 12.3. The number of anilines is 1. The highest BCUT2D eigenvalue weighted by molar-refractivity contribution is 6.74. The maximum atomic E-state index is 12.3. The summed E-state index contributed by atoms with van der Waals surface area (Å²) in [6, 6.07) is 1.73. The molecule has 2 aromatic rings. The monoisotopic (exact) mass is 494 g/mol. The maximum Gasteiger partial charge on any atom is 0.277 e. The first-order valence-electron chi connectivity index (χ1n) is 11.8. The highest BCUT2D eigenvalue weighted by Crippen LogP contribution is 2.43. The molecule has 10 heteroatoms. The number of nitrogens with zero attached hydrogens (tertiary/aromatic N) is 2. The summed E-state index contributed by atoms with van der Waals surface area (Å²) in [6.45, 7) is 22.9. The number of aromatic amines is 1. The van der Waals surface area contributed by atoms with E-state index in [-0.39, 0.29) is 27.8 Å². The Morgan fingerprint density at radius 3 is 2.33 bits per heavy atom. The lowest BCUT2D eigenvalue weighted by Gasteiger charge is -2.39. The van der Waals surface area contributed by atoms with Crippen molar-refractivity contribution in [3.63, 3.8) is 0 Å². The summed E-state index contributed by atoms with van der Waals surface area (Å²) in [5.74, 6) is 0.298. The van der Waals surface area contributed by atoms with Crippen LogP contribution in [0.3, 0.4) is 0 Å². The largest absolute Gasteiger partial charge is 0.414 e. The first kappa shape index (κ1) is 26.1. The zero-order chi connectivity index (χ0) is 25.0. The van der Waals surface area contributed by atoms with Gasteiger partial charge in [-0.2, -0.15) is 0 Å². The molecule has 0 unspecified atom stereocenters. The fraction of sp³-hybridized carbons (Fsp3) is 0.739. The van der Waals surface area contributed by atoms with Crippen molar-refractivity contribution in [1.29, 1.82) is 0 Å². The van der Waals surface area contributed by atoms with Crippen LogP contribution in [0, 0.1) is 0 Å². The van der Waals surface area contributed by atoms with E-state index in [9.17, 15) is 4.79 Å². The molecule has 186 valence electrons. The van der Waals surface area contributed by atoms with Gasteiger partial charge in [-0.05, 0) is 36.3 Å². The van der Waals surface area contributed by atoms with E-state index in [2.05, 4.69) is 77.7 Å². The van der Waals surface area contributed by atoms with E-state index in [0.29, 0.717) is 23.5 Å². The molecule has 33 heavy (non-hydrogen) atoms. The van der Waals surface area contributed by atoms with Gasteiger partial charge in [-0.3, -0.25) is 4.79 Å². The lowest BCUT2D eigenvalue weighted by Crippen LogP contribution is -2.45. The van der Waals surface area contributed by atoms with Crippen molar-refractivity contribution in [2.24, 2.45) is 0 Å². The third-order valence-electron chi connectivity index (χ3n) is 7.70. The minimum absolute atomic E-state index is 0.0614. The summed E-state index contributed by atoms with van der Waals surface area (Å²) in [7, 11) is -3.98. The van der Waals surface area contributed by atoms with Crippen LogP contribution < -0.4 is 11.3 Å². The number of hydrogen-bond donors (Lipinski definition) is 2. The number of pyridine rings is 1. The Morgan fingerprint density at radius 2 is 1.76 bits per heavy atom. The van der Waals surface area contributed by atoms with Gasteiger partial charge in [0.15, 0.2) is 28.4 Å². The van der Waals surface area contributed by atoms with Crippen molar-refractivity contribution < 1.29 is 13.6 Å². The predicted octanol–water partition coefficient (Wildman–Crippen LogP) is 5.01. The molecule has 0 radical (unpaired) electrons. The Balaban J connectivity index is 1.93. The van der Waals surface area contributed by atoms with Crippen LogP contribution in [0.5, 0.6) is 0 Å². The fourth-order valence-corrected chi connectivity index (χ4v) is 5.87. The molecular weight excluding hydrogens is 452 g/mol. The van der Waals surface area contributed by atoms with Gasteiger partial charge in [-0.1, -0.05) is 41.5 Å². The number of H-pyrrole nitrogens is 1. The summed E-state index contributed by atoms with van der Waals surface area (Å²) in [5.41, 5.74) is 6.62. The van der Waals surface area contributed by atoms with Gasteiger partial charge in [-0.15, -0.1) is 0 Å². The highest BCUT2D eigenvalue weighted by atomic mass is 28.4. The summed E-state index contributed by atoms with van der Waals surface area (Å²) in [4.78, 5) is 19.3. The van der Waals surface area contributed by atoms with Gasteiger partial charge in [0, 0.05) is 12.5 Å².